The molecule has 0 spiro atoms. The molecule has 2 aromatic rings. The van der Waals surface area contributed by atoms with Crippen molar-refractivity contribution in [2.75, 3.05) is 11.9 Å². The topological polar surface area (TPSA) is 76.2 Å². The predicted molar refractivity (Wildman–Crippen MR) is 81.4 cm³/mol. The maximum absolute atomic E-state index is 12.3. The zero-order valence-corrected chi connectivity index (χ0v) is 13.4. The van der Waals surface area contributed by atoms with Crippen LogP contribution in [0.25, 0.3) is 0 Å². The standard InChI is InChI=1S/C15H21N5O2/c1-9-7-14(22-18-9)17-15(21)12(4)19-5-6-20-11(3)10(2)16-13(20)8-19/h7,12H,5-6,8H2,1-4H3,(H,17,21)/t12-/m0/s1. The molecule has 7 nitrogen and oxygen atoms in total. The van der Waals surface area contributed by atoms with Crippen molar-refractivity contribution in [1.29, 1.82) is 0 Å². The number of hydrogen-bond acceptors (Lipinski definition) is 5. The van der Waals surface area contributed by atoms with Gasteiger partial charge < -0.3 is 9.09 Å². The van der Waals surface area contributed by atoms with Crippen LogP contribution in [0.4, 0.5) is 5.88 Å². The van der Waals surface area contributed by atoms with Gasteiger partial charge >= 0.3 is 0 Å². The molecule has 22 heavy (non-hydrogen) atoms. The summed E-state index contributed by atoms with van der Waals surface area (Å²) in [6.45, 7) is 10.2. The van der Waals surface area contributed by atoms with E-state index in [0.717, 1.165) is 30.3 Å². The summed E-state index contributed by atoms with van der Waals surface area (Å²) in [5.74, 6) is 1.32. The van der Waals surface area contributed by atoms with Gasteiger partial charge in [-0.05, 0) is 27.7 Å². The van der Waals surface area contributed by atoms with Crippen LogP contribution in [0.3, 0.4) is 0 Å². The molecule has 118 valence electrons. The fourth-order valence-corrected chi connectivity index (χ4v) is 2.78. The summed E-state index contributed by atoms with van der Waals surface area (Å²) in [6.07, 6.45) is 0. The monoisotopic (exact) mass is 303 g/mol. The SMILES string of the molecule is Cc1cc(NC(=O)[C@H](C)N2CCn3c(nc(C)c3C)C2)on1. The number of nitrogens with zero attached hydrogens (tertiary/aromatic N) is 4. The van der Waals surface area contributed by atoms with E-state index in [0.29, 0.717) is 12.4 Å². The molecule has 1 aliphatic rings. The van der Waals surface area contributed by atoms with Gasteiger partial charge in [0.05, 0.1) is 24.0 Å². The Balaban J connectivity index is 1.68. The first-order chi connectivity index (χ1) is 10.5. The number of imidazole rings is 1. The van der Waals surface area contributed by atoms with Gasteiger partial charge in [-0.1, -0.05) is 5.16 Å². The van der Waals surface area contributed by atoms with Gasteiger partial charge in [0.15, 0.2) is 0 Å². The van der Waals surface area contributed by atoms with Crippen LogP contribution >= 0.6 is 0 Å². The highest BCUT2D eigenvalue weighted by Gasteiger charge is 2.27. The fourth-order valence-electron chi connectivity index (χ4n) is 2.78. The summed E-state index contributed by atoms with van der Waals surface area (Å²) in [5, 5.41) is 6.53. The van der Waals surface area contributed by atoms with E-state index < -0.39 is 0 Å². The first-order valence-electron chi connectivity index (χ1n) is 7.46. The Hall–Kier alpha value is -2.15. The first kappa shape index (κ1) is 14.8. The molecular weight excluding hydrogens is 282 g/mol. The van der Waals surface area contributed by atoms with Gasteiger partial charge in [0.1, 0.15) is 5.82 Å². The van der Waals surface area contributed by atoms with Crippen molar-refractivity contribution in [3.8, 4) is 0 Å². The van der Waals surface area contributed by atoms with Crippen LogP contribution in [0.15, 0.2) is 10.6 Å². The molecule has 1 amide bonds. The van der Waals surface area contributed by atoms with Crippen molar-refractivity contribution in [3.05, 3.63) is 29.0 Å². The van der Waals surface area contributed by atoms with E-state index in [1.807, 2.05) is 20.8 Å². The van der Waals surface area contributed by atoms with E-state index in [4.69, 9.17) is 4.52 Å². The second-order valence-corrected chi connectivity index (χ2v) is 5.82. The lowest BCUT2D eigenvalue weighted by Crippen LogP contribution is -2.45. The molecule has 0 aliphatic carbocycles. The lowest BCUT2D eigenvalue weighted by atomic mass is 10.2. The van der Waals surface area contributed by atoms with E-state index in [2.05, 4.69) is 31.8 Å². The van der Waals surface area contributed by atoms with E-state index in [9.17, 15) is 4.79 Å². The number of carbonyl (C=O) groups excluding carboxylic acids is 1. The van der Waals surface area contributed by atoms with E-state index in [1.54, 1.807) is 6.07 Å². The van der Waals surface area contributed by atoms with Crippen molar-refractivity contribution >= 4 is 11.8 Å². The number of hydrogen-bond donors (Lipinski definition) is 1. The number of carbonyl (C=O) groups is 1. The Morgan fingerprint density at radius 1 is 1.36 bits per heavy atom. The number of rotatable bonds is 3. The summed E-state index contributed by atoms with van der Waals surface area (Å²) in [5.41, 5.74) is 3.02. The Morgan fingerprint density at radius 3 is 2.82 bits per heavy atom. The third-order valence-corrected chi connectivity index (χ3v) is 4.29. The average molecular weight is 303 g/mol. The first-order valence-corrected chi connectivity index (χ1v) is 7.46. The molecule has 1 atom stereocenters. The summed E-state index contributed by atoms with van der Waals surface area (Å²) in [7, 11) is 0. The van der Waals surface area contributed by atoms with Crippen LogP contribution in [0.2, 0.25) is 0 Å². The van der Waals surface area contributed by atoms with Crippen LogP contribution in [0.1, 0.15) is 29.8 Å². The number of anilines is 1. The quantitative estimate of drug-likeness (QED) is 0.933. The minimum atomic E-state index is -0.253. The molecule has 0 saturated heterocycles. The molecule has 0 aromatic carbocycles. The van der Waals surface area contributed by atoms with Crippen molar-refractivity contribution in [3.63, 3.8) is 0 Å². The highest BCUT2D eigenvalue weighted by atomic mass is 16.5. The van der Waals surface area contributed by atoms with Gasteiger partial charge in [0, 0.05) is 24.8 Å². The molecule has 1 aliphatic heterocycles. The summed E-state index contributed by atoms with van der Waals surface area (Å²) in [6, 6.07) is 1.46. The van der Waals surface area contributed by atoms with Crippen molar-refractivity contribution in [2.45, 2.75) is 46.8 Å². The molecule has 0 fully saturated rings. The zero-order valence-electron chi connectivity index (χ0n) is 13.4. The van der Waals surface area contributed by atoms with E-state index in [1.165, 1.54) is 5.69 Å². The van der Waals surface area contributed by atoms with Crippen LogP contribution < -0.4 is 5.32 Å². The number of nitrogens with one attached hydrogen (secondary N) is 1. The number of aryl methyl sites for hydroxylation is 2. The molecular formula is C15H21N5O2. The summed E-state index contributed by atoms with van der Waals surface area (Å²) in [4.78, 5) is 19.1. The van der Waals surface area contributed by atoms with Gasteiger partial charge in [-0.25, -0.2) is 4.98 Å². The molecule has 0 unspecified atom stereocenters. The Labute approximate surface area is 129 Å². The maximum Gasteiger partial charge on any atom is 0.243 e. The average Bonchev–Trinajstić information content (AvgIpc) is 3.02. The second kappa shape index (κ2) is 5.57. The number of aromatic nitrogens is 3. The van der Waals surface area contributed by atoms with Crippen LogP contribution in [0, 0.1) is 20.8 Å². The molecule has 7 heteroatoms. The molecule has 1 N–H and O–H groups in total. The van der Waals surface area contributed by atoms with Crippen molar-refractivity contribution < 1.29 is 9.32 Å². The number of amides is 1. The Kier molecular flexibility index (Phi) is 3.74. The lowest BCUT2D eigenvalue weighted by Gasteiger charge is -2.32. The largest absolute Gasteiger partial charge is 0.338 e. The third-order valence-electron chi connectivity index (χ3n) is 4.29. The van der Waals surface area contributed by atoms with Gasteiger partial charge in [-0.2, -0.15) is 0 Å². The van der Waals surface area contributed by atoms with Crippen LogP contribution in [-0.4, -0.2) is 38.1 Å². The molecule has 3 heterocycles. The van der Waals surface area contributed by atoms with Crippen LogP contribution in [0.5, 0.6) is 0 Å². The minimum Gasteiger partial charge on any atom is -0.338 e. The predicted octanol–water partition coefficient (Wildman–Crippen LogP) is 1.64. The molecule has 3 rings (SSSR count). The van der Waals surface area contributed by atoms with E-state index in [-0.39, 0.29) is 11.9 Å². The van der Waals surface area contributed by atoms with E-state index >= 15 is 0 Å². The maximum atomic E-state index is 12.3. The normalized spacial score (nSPS) is 16.4. The molecule has 0 bridgehead atoms. The summed E-state index contributed by atoms with van der Waals surface area (Å²) >= 11 is 0. The fraction of sp³-hybridized carbons (Fsp3) is 0.533. The minimum absolute atomic E-state index is 0.0930. The molecule has 0 radical (unpaired) electrons. The van der Waals surface area contributed by atoms with Crippen molar-refractivity contribution in [2.24, 2.45) is 0 Å². The lowest BCUT2D eigenvalue weighted by molar-refractivity contribution is -0.121. The highest BCUT2D eigenvalue weighted by Crippen LogP contribution is 2.19. The Bertz CT molecular complexity index is 703. The third kappa shape index (κ3) is 2.64. The highest BCUT2D eigenvalue weighted by molar-refractivity contribution is 5.93. The van der Waals surface area contributed by atoms with Gasteiger partial charge in [0.2, 0.25) is 11.8 Å². The van der Waals surface area contributed by atoms with Gasteiger partial charge in [-0.3, -0.25) is 15.0 Å². The number of fused-ring (bicyclic) bond motifs is 1. The second-order valence-electron chi connectivity index (χ2n) is 5.82. The van der Waals surface area contributed by atoms with Crippen LogP contribution in [-0.2, 0) is 17.9 Å². The molecule has 0 saturated carbocycles. The Morgan fingerprint density at radius 2 is 2.14 bits per heavy atom. The zero-order chi connectivity index (χ0) is 15.9. The molecule has 2 aromatic heterocycles. The van der Waals surface area contributed by atoms with Gasteiger partial charge in [0.25, 0.3) is 0 Å². The van der Waals surface area contributed by atoms with Gasteiger partial charge in [-0.15, -0.1) is 0 Å². The smallest absolute Gasteiger partial charge is 0.243 e. The summed E-state index contributed by atoms with van der Waals surface area (Å²) < 4.78 is 7.26. The van der Waals surface area contributed by atoms with Crippen molar-refractivity contribution in [1.82, 2.24) is 19.6 Å².